The first-order chi connectivity index (χ1) is 58.3. The Morgan fingerprint density at radius 2 is 0.445 bits per heavy atom. The smallest absolute Gasteiger partial charge is 0.0465 e. The molecule has 3 aliphatic rings. The lowest BCUT2D eigenvalue weighted by molar-refractivity contribution is 0.660. The maximum atomic E-state index is 2.43. The molecule has 0 spiro atoms. The standard InChI is InChI=1S/C62H47N.C55H41N/c1-61(2)55-19-11-9-17-52(55)53-36-35-50(39-57(53)61)63(49-33-29-43(30-34-49)46-26-23-40-13-5-6-14-45(40)37-46)48-31-27-42(28-32-48)41-21-24-44(25-22-41)59-51-16-8-7-15-47(51)38-58-60(59)54-18-10-12-20-56(54)62(58,3)4;1-55(2)51-23-12-11-22-50(51)54-52(55)37-44-18-9-10-21-49(44)53(54)45-20-13-19-43(36-45)42-28-34-48(35-29-42)56(46-30-24-40(25-31-46)38-14-5-3-6-15-38)47-32-26-41(27-33-47)39-16-7-4-8-17-39/h5-39H,1-4H3;3-37H,1-2H3. The molecule has 0 aromatic heterocycles. The van der Waals surface area contributed by atoms with E-state index >= 15 is 0 Å². The second kappa shape index (κ2) is 29.1. The predicted octanol–water partition coefficient (Wildman–Crippen LogP) is 32.4. The molecule has 2 heteroatoms. The van der Waals surface area contributed by atoms with Crippen LogP contribution in [-0.2, 0) is 16.2 Å². The summed E-state index contributed by atoms with van der Waals surface area (Å²) in [6.07, 6.45) is 0. The summed E-state index contributed by atoms with van der Waals surface area (Å²) in [5, 5.41) is 7.67. The van der Waals surface area contributed by atoms with Crippen LogP contribution in [0.25, 0.3) is 144 Å². The van der Waals surface area contributed by atoms with Crippen molar-refractivity contribution < 1.29 is 0 Å². The van der Waals surface area contributed by atoms with E-state index in [0.29, 0.717) is 0 Å². The van der Waals surface area contributed by atoms with Gasteiger partial charge < -0.3 is 9.80 Å². The molecule has 0 heterocycles. The zero-order valence-corrected chi connectivity index (χ0v) is 67.8. The maximum absolute atomic E-state index is 2.43. The van der Waals surface area contributed by atoms with E-state index in [1.54, 1.807) is 0 Å². The van der Waals surface area contributed by atoms with Crippen molar-refractivity contribution in [2.75, 3.05) is 9.80 Å². The largest absolute Gasteiger partial charge is 0.311 e. The van der Waals surface area contributed by atoms with Crippen LogP contribution in [0.5, 0.6) is 0 Å². The molecule has 0 amide bonds. The van der Waals surface area contributed by atoms with Crippen LogP contribution in [0.2, 0.25) is 0 Å². The van der Waals surface area contributed by atoms with E-state index in [1.807, 2.05) is 0 Å². The summed E-state index contributed by atoms with van der Waals surface area (Å²) in [4.78, 5) is 4.76. The van der Waals surface area contributed by atoms with E-state index in [4.69, 9.17) is 0 Å². The number of anilines is 6. The van der Waals surface area contributed by atoms with E-state index in [-0.39, 0.29) is 16.2 Å². The Morgan fingerprint density at radius 3 is 0.916 bits per heavy atom. The number of nitrogens with zero attached hydrogens (tertiary/aromatic N) is 2. The highest BCUT2D eigenvalue weighted by Gasteiger charge is 2.40. The van der Waals surface area contributed by atoms with Gasteiger partial charge in [-0.25, -0.2) is 0 Å². The molecule has 0 saturated carbocycles. The van der Waals surface area contributed by atoms with Gasteiger partial charge in [0.25, 0.3) is 0 Å². The van der Waals surface area contributed by atoms with Gasteiger partial charge >= 0.3 is 0 Å². The molecule has 19 aromatic carbocycles. The lowest BCUT2D eigenvalue weighted by Gasteiger charge is -2.28. The van der Waals surface area contributed by atoms with Gasteiger partial charge in [-0.2, -0.15) is 0 Å². The van der Waals surface area contributed by atoms with Crippen LogP contribution < -0.4 is 9.80 Å². The molecule has 0 aliphatic heterocycles. The average molecular weight is 1520 g/mol. The molecule has 0 N–H and O–H groups in total. The minimum atomic E-state index is -0.102. The summed E-state index contributed by atoms with van der Waals surface area (Å²) in [6, 6.07) is 156. The molecule has 0 unspecified atom stereocenters. The van der Waals surface area contributed by atoms with Crippen LogP contribution in [0, 0.1) is 0 Å². The van der Waals surface area contributed by atoms with Crippen LogP contribution in [-0.4, -0.2) is 0 Å². The summed E-state index contributed by atoms with van der Waals surface area (Å²) in [7, 11) is 0. The maximum Gasteiger partial charge on any atom is 0.0465 e. The van der Waals surface area contributed by atoms with Crippen molar-refractivity contribution >= 4 is 66.4 Å². The van der Waals surface area contributed by atoms with Crippen LogP contribution in [0.3, 0.4) is 0 Å². The Hall–Kier alpha value is -14.4. The minimum Gasteiger partial charge on any atom is -0.311 e. The van der Waals surface area contributed by atoms with Crippen LogP contribution in [0.4, 0.5) is 34.1 Å². The third-order valence-corrected chi connectivity index (χ3v) is 25.9. The lowest BCUT2D eigenvalue weighted by atomic mass is 9.80. The van der Waals surface area contributed by atoms with E-state index in [1.165, 1.54) is 177 Å². The first kappa shape index (κ1) is 72.3. The molecule has 2 nitrogen and oxygen atoms in total. The highest BCUT2D eigenvalue weighted by molar-refractivity contribution is 6.10. The molecule has 19 aromatic rings. The zero-order valence-electron chi connectivity index (χ0n) is 67.8. The van der Waals surface area contributed by atoms with Gasteiger partial charge in [-0.3, -0.25) is 0 Å². The van der Waals surface area contributed by atoms with E-state index in [2.05, 4.69) is 476 Å². The summed E-state index contributed by atoms with van der Waals surface area (Å²) in [6.45, 7) is 14.2. The average Bonchev–Trinajstić information content (AvgIpc) is 1.57. The summed E-state index contributed by atoms with van der Waals surface area (Å²) < 4.78 is 0. The third kappa shape index (κ3) is 12.6. The van der Waals surface area contributed by atoms with Gasteiger partial charge in [-0.15, -0.1) is 0 Å². The molecule has 119 heavy (non-hydrogen) atoms. The first-order valence-corrected chi connectivity index (χ1v) is 41.8. The number of rotatable bonds is 13. The van der Waals surface area contributed by atoms with E-state index < -0.39 is 0 Å². The summed E-state index contributed by atoms with van der Waals surface area (Å²) in [5.74, 6) is 0. The molecular formula is C117H88N2. The predicted molar refractivity (Wildman–Crippen MR) is 506 cm³/mol. The Labute approximate surface area is 698 Å². The topological polar surface area (TPSA) is 6.48 Å². The SMILES string of the molecule is CC1(C)c2ccccc2-c2c1cc1ccccc1c2-c1cccc(-c2ccc(N(c3ccc(-c4ccccc4)cc3)c3ccc(-c4ccccc4)cc3)cc2)c1.CC1(C)c2ccccc2-c2ccc(N(c3ccc(-c4ccc(-c5c6c(cc7ccccc57)C(C)(C)c5ccccc5-6)cc4)cc3)c3ccc(-c4ccc5ccccc5c4)cc3)cc21. The summed E-state index contributed by atoms with van der Waals surface area (Å²) in [5.41, 5.74) is 40.1. The van der Waals surface area contributed by atoms with E-state index in [0.717, 1.165) is 34.1 Å². The Morgan fingerprint density at radius 1 is 0.151 bits per heavy atom. The zero-order chi connectivity index (χ0) is 80.1. The van der Waals surface area contributed by atoms with Crippen molar-refractivity contribution in [1.82, 2.24) is 0 Å². The summed E-state index contributed by atoms with van der Waals surface area (Å²) >= 11 is 0. The van der Waals surface area contributed by atoms with Crippen molar-refractivity contribution in [3.63, 3.8) is 0 Å². The number of fused-ring (bicyclic) bond motifs is 12. The Balaban J connectivity index is 0.000000149. The minimum absolute atomic E-state index is 0.0689. The van der Waals surface area contributed by atoms with Crippen LogP contribution >= 0.6 is 0 Å². The van der Waals surface area contributed by atoms with Crippen molar-refractivity contribution in [3.8, 4) is 111 Å². The number of hydrogen-bond donors (Lipinski definition) is 0. The van der Waals surface area contributed by atoms with Gasteiger partial charge in [0.15, 0.2) is 0 Å². The van der Waals surface area contributed by atoms with Gasteiger partial charge in [0.2, 0.25) is 0 Å². The van der Waals surface area contributed by atoms with Crippen molar-refractivity contribution in [3.05, 3.63) is 458 Å². The molecule has 0 bridgehead atoms. The first-order valence-electron chi connectivity index (χ1n) is 41.8. The van der Waals surface area contributed by atoms with Gasteiger partial charge in [0.1, 0.15) is 0 Å². The van der Waals surface area contributed by atoms with Crippen LogP contribution in [0.15, 0.2) is 425 Å². The monoisotopic (exact) mass is 1520 g/mol. The lowest BCUT2D eigenvalue weighted by Crippen LogP contribution is -2.16. The fraction of sp³-hybridized carbons (Fsp3) is 0.0769. The molecule has 0 saturated heterocycles. The molecule has 0 radical (unpaired) electrons. The third-order valence-electron chi connectivity index (χ3n) is 25.9. The molecule has 22 rings (SSSR count). The quantitative estimate of drug-likeness (QED) is 0.114. The van der Waals surface area contributed by atoms with Crippen molar-refractivity contribution in [2.24, 2.45) is 0 Å². The highest BCUT2D eigenvalue weighted by Crippen LogP contribution is 2.58. The van der Waals surface area contributed by atoms with Crippen molar-refractivity contribution in [2.45, 2.75) is 57.8 Å². The normalized spacial score (nSPS) is 13.3. The fourth-order valence-corrected chi connectivity index (χ4v) is 19.7. The molecule has 0 atom stereocenters. The Bertz CT molecular complexity index is 7030. The van der Waals surface area contributed by atoms with Gasteiger partial charge in [-0.1, -0.05) is 369 Å². The van der Waals surface area contributed by atoms with Gasteiger partial charge in [-0.05, 0) is 274 Å². The molecule has 3 aliphatic carbocycles. The molecule has 566 valence electrons. The second-order valence-electron chi connectivity index (χ2n) is 33.9. The number of benzene rings is 19. The van der Waals surface area contributed by atoms with Gasteiger partial charge in [0.05, 0.1) is 0 Å². The van der Waals surface area contributed by atoms with Crippen LogP contribution in [0.1, 0.15) is 74.9 Å². The van der Waals surface area contributed by atoms with E-state index in [9.17, 15) is 0 Å². The Kier molecular flexibility index (Phi) is 17.7. The molecular weight excluding hydrogens is 1430 g/mol. The van der Waals surface area contributed by atoms with Crippen molar-refractivity contribution in [1.29, 1.82) is 0 Å². The van der Waals surface area contributed by atoms with Gasteiger partial charge in [0, 0.05) is 50.4 Å². The number of hydrogen-bond acceptors (Lipinski definition) is 2. The second-order valence-corrected chi connectivity index (χ2v) is 33.9. The highest BCUT2D eigenvalue weighted by atomic mass is 15.1. The molecule has 0 fully saturated rings. The fourth-order valence-electron chi connectivity index (χ4n) is 19.7.